The second kappa shape index (κ2) is 10.5. The molecule has 0 atom stereocenters. The van der Waals surface area contributed by atoms with Crippen molar-refractivity contribution in [3.63, 3.8) is 0 Å². The maximum Gasteiger partial charge on any atom is 0.309 e. The molecule has 0 aromatic heterocycles. The van der Waals surface area contributed by atoms with Gasteiger partial charge in [0, 0.05) is 30.9 Å². The first-order chi connectivity index (χ1) is 13.0. The van der Waals surface area contributed by atoms with E-state index in [1.807, 2.05) is 13.0 Å². The maximum absolute atomic E-state index is 12.4. The van der Waals surface area contributed by atoms with Crippen LogP contribution in [0.5, 0.6) is 0 Å². The van der Waals surface area contributed by atoms with E-state index < -0.39 is 0 Å². The van der Waals surface area contributed by atoms with Crippen LogP contribution < -0.4 is 10.6 Å². The summed E-state index contributed by atoms with van der Waals surface area (Å²) in [6, 6.07) is 7.11. The van der Waals surface area contributed by atoms with Crippen molar-refractivity contribution in [1.82, 2.24) is 10.2 Å². The van der Waals surface area contributed by atoms with Crippen LogP contribution >= 0.6 is 0 Å². The maximum atomic E-state index is 12.4. The quantitative estimate of drug-likeness (QED) is 0.679. The van der Waals surface area contributed by atoms with E-state index in [4.69, 9.17) is 4.74 Å². The van der Waals surface area contributed by atoms with Crippen molar-refractivity contribution in [2.45, 2.75) is 33.1 Å². The number of hydrogen-bond donors (Lipinski definition) is 2. The van der Waals surface area contributed by atoms with E-state index in [0.29, 0.717) is 44.6 Å². The number of rotatable bonds is 8. The van der Waals surface area contributed by atoms with E-state index in [9.17, 15) is 14.4 Å². The number of nitrogens with one attached hydrogen (secondary N) is 2. The molecule has 1 aliphatic heterocycles. The summed E-state index contributed by atoms with van der Waals surface area (Å²) in [5.41, 5.74) is 1.30. The Morgan fingerprint density at radius 1 is 1.19 bits per heavy atom. The zero-order valence-electron chi connectivity index (χ0n) is 16.1. The summed E-state index contributed by atoms with van der Waals surface area (Å²) in [6.07, 6.45) is 2.15. The molecule has 2 N–H and O–H groups in total. The predicted octanol–water partition coefficient (Wildman–Crippen LogP) is 2.04. The van der Waals surface area contributed by atoms with Crippen molar-refractivity contribution < 1.29 is 19.1 Å². The van der Waals surface area contributed by atoms with Gasteiger partial charge in [-0.2, -0.15) is 0 Å². The molecule has 1 aromatic rings. The standard InChI is InChI=1S/C20H29N3O4/c1-3-10-21-19(25)16-6-5-7-17(13-16)22-14-18(24)23-11-8-15(9-12-23)20(26)27-4-2/h5-7,13,15,22H,3-4,8-12,14H2,1-2H3,(H,21,25). The smallest absolute Gasteiger partial charge is 0.309 e. The third-order valence-corrected chi connectivity index (χ3v) is 4.57. The predicted molar refractivity (Wildman–Crippen MR) is 103 cm³/mol. The minimum absolute atomic E-state index is 0.0156. The molecule has 0 saturated carbocycles. The topological polar surface area (TPSA) is 87.7 Å². The van der Waals surface area contributed by atoms with Crippen LogP contribution in [0, 0.1) is 5.92 Å². The molecule has 7 nitrogen and oxygen atoms in total. The third kappa shape index (κ3) is 6.27. The van der Waals surface area contributed by atoms with Gasteiger partial charge in [-0.3, -0.25) is 14.4 Å². The first-order valence-electron chi connectivity index (χ1n) is 9.61. The van der Waals surface area contributed by atoms with Crippen molar-refractivity contribution in [3.8, 4) is 0 Å². The fraction of sp³-hybridized carbons (Fsp3) is 0.550. The molecule has 1 aromatic carbocycles. The number of nitrogens with zero attached hydrogens (tertiary/aromatic N) is 1. The zero-order chi connectivity index (χ0) is 19.6. The first-order valence-corrected chi connectivity index (χ1v) is 9.61. The molecule has 1 saturated heterocycles. The second-order valence-electron chi connectivity index (χ2n) is 6.60. The Morgan fingerprint density at radius 2 is 1.93 bits per heavy atom. The van der Waals surface area contributed by atoms with Crippen LogP contribution in [0.15, 0.2) is 24.3 Å². The van der Waals surface area contributed by atoms with Crippen LogP contribution in [0.25, 0.3) is 0 Å². The average Bonchev–Trinajstić information content (AvgIpc) is 2.70. The van der Waals surface area contributed by atoms with E-state index in [2.05, 4.69) is 10.6 Å². The summed E-state index contributed by atoms with van der Waals surface area (Å²) in [4.78, 5) is 38.0. The molecule has 0 unspecified atom stereocenters. The molecule has 0 radical (unpaired) electrons. The molecular formula is C20H29N3O4. The van der Waals surface area contributed by atoms with Crippen LogP contribution in [0.1, 0.15) is 43.5 Å². The van der Waals surface area contributed by atoms with Gasteiger partial charge < -0.3 is 20.3 Å². The highest BCUT2D eigenvalue weighted by Crippen LogP contribution is 2.19. The number of piperidine rings is 1. The van der Waals surface area contributed by atoms with Gasteiger partial charge in [0.25, 0.3) is 5.91 Å². The molecule has 2 rings (SSSR count). The van der Waals surface area contributed by atoms with E-state index in [-0.39, 0.29) is 30.2 Å². The molecule has 1 heterocycles. The Balaban J connectivity index is 1.81. The van der Waals surface area contributed by atoms with Crippen molar-refractivity contribution in [1.29, 1.82) is 0 Å². The highest BCUT2D eigenvalue weighted by molar-refractivity contribution is 5.95. The molecule has 0 aliphatic carbocycles. The van der Waals surface area contributed by atoms with Gasteiger partial charge in [0.2, 0.25) is 5.91 Å². The van der Waals surface area contributed by atoms with Crippen molar-refractivity contribution in [3.05, 3.63) is 29.8 Å². The minimum atomic E-state index is -0.166. The second-order valence-corrected chi connectivity index (χ2v) is 6.60. The van der Waals surface area contributed by atoms with Crippen molar-refractivity contribution in [2.75, 3.05) is 38.1 Å². The van der Waals surface area contributed by atoms with E-state index >= 15 is 0 Å². The van der Waals surface area contributed by atoms with Gasteiger partial charge in [0.15, 0.2) is 0 Å². The van der Waals surface area contributed by atoms with Gasteiger partial charge in [-0.1, -0.05) is 13.0 Å². The molecule has 1 aliphatic rings. The van der Waals surface area contributed by atoms with E-state index in [1.165, 1.54) is 0 Å². The Labute approximate surface area is 160 Å². The minimum Gasteiger partial charge on any atom is -0.466 e. The number of esters is 1. The van der Waals surface area contributed by atoms with Crippen LogP contribution in [0.4, 0.5) is 5.69 Å². The number of carbonyl (C=O) groups excluding carboxylic acids is 3. The van der Waals surface area contributed by atoms with Crippen molar-refractivity contribution >= 4 is 23.5 Å². The summed E-state index contributed by atoms with van der Waals surface area (Å²) in [5.74, 6) is -0.410. The van der Waals surface area contributed by atoms with Crippen LogP contribution in [-0.4, -0.2) is 55.5 Å². The Kier molecular flexibility index (Phi) is 8.10. The summed E-state index contributed by atoms with van der Waals surface area (Å²) in [7, 11) is 0. The molecule has 7 heteroatoms. The highest BCUT2D eigenvalue weighted by Gasteiger charge is 2.27. The lowest BCUT2D eigenvalue weighted by atomic mass is 9.97. The number of anilines is 1. The first kappa shape index (κ1) is 20.7. The normalized spacial score (nSPS) is 14.5. The highest BCUT2D eigenvalue weighted by atomic mass is 16.5. The Hall–Kier alpha value is -2.57. The van der Waals surface area contributed by atoms with Gasteiger partial charge in [-0.25, -0.2) is 0 Å². The van der Waals surface area contributed by atoms with Crippen LogP contribution in [0.3, 0.4) is 0 Å². The lowest BCUT2D eigenvalue weighted by molar-refractivity contribution is -0.151. The Bertz CT molecular complexity index is 654. The molecule has 0 spiro atoms. The summed E-state index contributed by atoms with van der Waals surface area (Å²) in [5, 5.41) is 5.92. The molecule has 27 heavy (non-hydrogen) atoms. The van der Waals surface area contributed by atoms with Crippen LogP contribution in [0.2, 0.25) is 0 Å². The van der Waals surface area contributed by atoms with Gasteiger partial charge in [0.1, 0.15) is 0 Å². The number of likely N-dealkylation sites (tertiary alicyclic amines) is 1. The number of carbonyl (C=O) groups is 3. The molecular weight excluding hydrogens is 346 g/mol. The van der Waals surface area contributed by atoms with Crippen LogP contribution in [-0.2, 0) is 14.3 Å². The van der Waals surface area contributed by atoms with Gasteiger partial charge in [-0.05, 0) is 44.4 Å². The lowest BCUT2D eigenvalue weighted by Crippen LogP contribution is -2.43. The van der Waals surface area contributed by atoms with Crippen molar-refractivity contribution in [2.24, 2.45) is 5.92 Å². The number of amides is 2. The van der Waals surface area contributed by atoms with Gasteiger partial charge in [-0.15, -0.1) is 0 Å². The summed E-state index contributed by atoms with van der Waals surface area (Å²) in [6.45, 7) is 6.09. The monoisotopic (exact) mass is 375 g/mol. The number of ether oxygens (including phenoxy) is 1. The number of benzene rings is 1. The molecule has 0 bridgehead atoms. The molecule has 2 amide bonds. The molecule has 148 valence electrons. The lowest BCUT2D eigenvalue weighted by Gasteiger charge is -2.31. The summed E-state index contributed by atoms with van der Waals surface area (Å²) < 4.78 is 5.05. The number of hydrogen-bond acceptors (Lipinski definition) is 5. The SMILES string of the molecule is CCCNC(=O)c1cccc(NCC(=O)N2CCC(C(=O)OCC)CC2)c1. The van der Waals surface area contributed by atoms with E-state index in [1.54, 1.807) is 30.0 Å². The third-order valence-electron chi connectivity index (χ3n) is 4.57. The largest absolute Gasteiger partial charge is 0.466 e. The fourth-order valence-corrected chi connectivity index (χ4v) is 3.03. The summed E-state index contributed by atoms with van der Waals surface area (Å²) >= 11 is 0. The van der Waals surface area contributed by atoms with Gasteiger partial charge in [0.05, 0.1) is 19.1 Å². The average molecular weight is 375 g/mol. The fourth-order valence-electron chi connectivity index (χ4n) is 3.03. The van der Waals surface area contributed by atoms with E-state index in [0.717, 1.165) is 12.1 Å². The van der Waals surface area contributed by atoms with Gasteiger partial charge >= 0.3 is 5.97 Å². The molecule has 1 fully saturated rings. The zero-order valence-corrected chi connectivity index (χ0v) is 16.1. The Morgan fingerprint density at radius 3 is 2.59 bits per heavy atom.